The lowest BCUT2D eigenvalue weighted by atomic mass is 9.77. The van der Waals surface area contributed by atoms with Crippen molar-refractivity contribution in [3.8, 4) is 34.0 Å². The van der Waals surface area contributed by atoms with Crippen LogP contribution < -0.4 is 5.73 Å². The standard InChI is InChI=1S/C25H21FN4O6/c1-25(24(35)36,10-20(32)33)12-7-15(14-9-13(26)3-5-19(14)31)21(34)16(8-12)23-29-17-4-2-11(22(27)28)6-18(17)30-23/h2-9,31,34H,10H2,1H3,(H3,27,28)(H,29,30)(H,32,33)(H,35,36). The van der Waals surface area contributed by atoms with Crippen LogP contribution in [0.2, 0.25) is 0 Å². The molecule has 0 aliphatic rings. The Hall–Kier alpha value is -4.93. The first kappa shape index (κ1) is 24.2. The molecule has 0 fully saturated rings. The summed E-state index contributed by atoms with van der Waals surface area (Å²) < 4.78 is 14.1. The van der Waals surface area contributed by atoms with E-state index in [0.717, 1.165) is 18.2 Å². The normalized spacial score (nSPS) is 12.8. The predicted molar refractivity (Wildman–Crippen MR) is 129 cm³/mol. The second kappa shape index (κ2) is 8.69. The lowest BCUT2D eigenvalue weighted by Crippen LogP contribution is -2.35. The van der Waals surface area contributed by atoms with Gasteiger partial charge in [0.1, 0.15) is 34.4 Å². The molecule has 184 valence electrons. The third kappa shape index (κ3) is 4.17. The highest BCUT2D eigenvalue weighted by Crippen LogP contribution is 2.45. The Labute approximate surface area is 203 Å². The summed E-state index contributed by atoms with van der Waals surface area (Å²) in [6, 6.07) is 10.3. The van der Waals surface area contributed by atoms with E-state index in [1.165, 1.54) is 19.1 Å². The molecule has 36 heavy (non-hydrogen) atoms. The number of aromatic amines is 1. The number of carbonyl (C=O) groups is 2. The molecule has 0 amide bonds. The lowest BCUT2D eigenvalue weighted by Gasteiger charge is -2.25. The zero-order valence-electron chi connectivity index (χ0n) is 18.8. The van der Waals surface area contributed by atoms with Gasteiger partial charge in [-0.05, 0) is 61.0 Å². The molecule has 0 radical (unpaired) electrons. The van der Waals surface area contributed by atoms with Crippen molar-refractivity contribution in [1.29, 1.82) is 5.41 Å². The fraction of sp³-hybridized carbons (Fsp3) is 0.120. The Morgan fingerprint density at radius 1 is 1.06 bits per heavy atom. The van der Waals surface area contributed by atoms with E-state index in [9.17, 15) is 34.4 Å². The van der Waals surface area contributed by atoms with E-state index >= 15 is 0 Å². The summed E-state index contributed by atoms with van der Waals surface area (Å²) in [4.78, 5) is 31.1. The van der Waals surface area contributed by atoms with Crippen molar-refractivity contribution < 1.29 is 34.4 Å². The molecule has 3 aromatic carbocycles. The summed E-state index contributed by atoms with van der Waals surface area (Å²) in [7, 11) is 0. The van der Waals surface area contributed by atoms with Gasteiger partial charge in [-0.3, -0.25) is 15.0 Å². The van der Waals surface area contributed by atoms with E-state index in [4.69, 9.17) is 11.1 Å². The summed E-state index contributed by atoms with van der Waals surface area (Å²) in [5.41, 5.74) is 4.63. The van der Waals surface area contributed by atoms with Crippen LogP contribution in [-0.4, -0.2) is 48.2 Å². The Bertz CT molecular complexity index is 1560. The van der Waals surface area contributed by atoms with Crippen LogP contribution in [-0.2, 0) is 15.0 Å². The average Bonchev–Trinajstić information content (AvgIpc) is 3.23. The molecule has 4 rings (SSSR count). The Morgan fingerprint density at radius 3 is 2.39 bits per heavy atom. The molecule has 1 heterocycles. The van der Waals surface area contributed by atoms with Gasteiger partial charge < -0.3 is 31.1 Å². The van der Waals surface area contributed by atoms with Gasteiger partial charge in [0.25, 0.3) is 0 Å². The smallest absolute Gasteiger partial charge is 0.314 e. The van der Waals surface area contributed by atoms with Crippen LogP contribution in [0.3, 0.4) is 0 Å². The quantitative estimate of drug-likeness (QED) is 0.150. The zero-order valence-corrected chi connectivity index (χ0v) is 18.8. The molecule has 0 aliphatic carbocycles. The maximum atomic E-state index is 14.1. The number of halogens is 1. The van der Waals surface area contributed by atoms with E-state index in [1.807, 2.05) is 0 Å². The van der Waals surface area contributed by atoms with Gasteiger partial charge in [0, 0.05) is 16.7 Å². The average molecular weight is 492 g/mol. The fourth-order valence-corrected chi connectivity index (χ4v) is 3.97. The lowest BCUT2D eigenvalue weighted by molar-refractivity contribution is -0.149. The van der Waals surface area contributed by atoms with E-state index in [-0.39, 0.29) is 39.7 Å². The van der Waals surface area contributed by atoms with Crippen LogP contribution in [0.15, 0.2) is 48.5 Å². The van der Waals surface area contributed by atoms with Crippen LogP contribution in [0.4, 0.5) is 4.39 Å². The van der Waals surface area contributed by atoms with Crippen LogP contribution in [0.1, 0.15) is 24.5 Å². The molecule has 10 nitrogen and oxygen atoms in total. The van der Waals surface area contributed by atoms with E-state index in [0.29, 0.717) is 16.6 Å². The number of aliphatic carboxylic acids is 2. The maximum absolute atomic E-state index is 14.1. The van der Waals surface area contributed by atoms with Crippen LogP contribution in [0.25, 0.3) is 33.5 Å². The number of rotatable bonds is 7. The molecule has 1 unspecified atom stereocenters. The minimum atomic E-state index is -1.94. The van der Waals surface area contributed by atoms with E-state index in [1.54, 1.807) is 18.2 Å². The number of benzene rings is 3. The van der Waals surface area contributed by atoms with Crippen molar-refractivity contribution in [3.63, 3.8) is 0 Å². The number of nitrogens with zero attached hydrogens (tertiary/aromatic N) is 1. The molecule has 0 spiro atoms. The summed E-state index contributed by atoms with van der Waals surface area (Å²) in [5.74, 6) is -4.46. The number of amidine groups is 1. The molecule has 4 aromatic rings. The summed E-state index contributed by atoms with van der Waals surface area (Å²) >= 11 is 0. The van der Waals surface area contributed by atoms with E-state index < -0.39 is 35.3 Å². The molecule has 0 saturated carbocycles. The number of nitrogens with one attached hydrogen (secondary N) is 2. The second-order valence-electron chi connectivity index (χ2n) is 8.52. The number of H-pyrrole nitrogens is 1. The third-order valence-corrected chi connectivity index (χ3v) is 6.02. The van der Waals surface area contributed by atoms with Gasteiger partial charge >= 0.3 is 11.9 Å². The fourth-order valence-electron chi connectivity index (χ4n) is 3.97. The molecule has 11 heteroatoms. The third-order valence-electron chi connectivity index (χ3n) is 6.02. The number of aromatic hydroxyl groups is 2. The molecule has 0 saturated heterocycles. The van der Waals surface area contributed by atoms with Crippen LogP contribution in [0, 0.1) is 11.2 Å². The number of hydrogen-bond acceptors (Lipinski definition) is 6. The summed E-state index contributed by atoms with van der Waals surface area (Å²) in [5, 5.41) is 48.5. The number of imidazole rings is 1. The maximum Gasteiger partial charge on any atom is 0.314 e. The van der Waals surface area contributed by atoms with Gasteiger partial charge in [-0.2, -0.15) is 0 Å². The highest BCUT2D eigenvalue weighted by atomic mass is 19.1. The first-order valence-corrected chi connectivity index (χ1v) is 10.6. The number of fused-ring (bicyclic) bond motifs is 1. The van der Waals surface area contributed by atoms with E-state index in [2.05, 4.69) is 9.97 Å². The number of nitrogen functional groups attached to an aromatic ring is 1. The van der Waals surface area contributed by atoms with Gasteiger partial charge in [0.2, 0.25) is 0 Å². The number of carboxylic acids is 2. The second-order valence-corrected chi connectivity index (χ2v) is 8.52. The highest BCUT2D eigenvalue weighted by Gasteiger charge is 2.39. The minimum Gasteiger partial charge on any atom is -0.507 e. The molecule has 1 atom stereocenters. The van der Waals surface area contributed by atoms with Crippen LogP contribution >= 0.6 is 0 Å². The Balaban J connectivity index is 2.04. The molecule has 1 aromatic heterocycles. The van der Waals surface area contributed by atoms with Crippen molar-refractivity contribution in [2.24, 2.45) is 5.73 Å². The van der Waals surface area contributed by atoms with Gasteiger partial charge in [-0.1, -0.05) is 0 Å². The molecular formula is C25H21FN4O6. The van der Waals surface area contributed by atoms with Crippen LogP contribution in [0.5, 0.6) is 11.5 Å². The van der Waals surface area contributed by atoms with Crippen molar-refractivity contribution in [3.05, 3.63) is 65.5 Å². The van der Waals surface area contributed by atoms with Gasteiger partial charge in [-0.25, -0.2) is 9.37 Å². The van der Waals surface area contributed by atoms with Crippen molar-refractivity contribution >= 4 is 28.8 Å². The Kier molecular flexibility index (Phi) is 5.84. The van der Waals surface area contributed by atoms with Gasteiger partial charge in [-0.15, -0.1) is 0 Å². The van der Waals surface area contributed by atoms with Crippen molar-refractivity contribution in [1.82, 2.24) is 9.97 Å². The number of hydrogen-bond donors (Lipinski definition) is 7. The highest BCUT2D eigenvalue weighted by molar-refractivity contribution is 5.98. The number of aromatic nitrogens is 2. The van der Waals surface area contributed by atoms with Gasteiger partial charge in [0.15, 0.2) is 0 Å². The number of carboxylic acid groups (broad SMARTS) is 2. The summed E-state index contributed by atoms with van der Waals surface area (Å²) in [6.45, 7) is 1.21. The van der Waals surface area contributed by atoms with Crippen molar-refractivity contribution in [2.75, 3.05) is 0 Å². The zero-order chi connectivity index (χ0) is 26.4. The molecule has 8 N–H and O–H groups in total. The number of phenolic OH excluding ortho intramolecular Hbond substituents is 2. The number of nitrogens with two attached hydrogens (primary N) is 1. The Morgan fingerprint density at radius 2 is 1.75 bits per heavy atom. The monoisotopic (exact) mass is 492 g/mol. The topological polar surface area (TPSA) is 194 Å². The number of phenols is 2. The first-order chi connectivity index (χ1) is 16.9. The summed E-state index contributed by atoms with van der Waals surface area (Å²) in [6.07, 6.45) is -0.788. The molecular weight excluding hydrogens is 471 g/mol. The molecule has 0 aliphatic heterocycles. The molecule has 0 bridgehead atoms. The predicted octanol–water partition coefficient (Wildman–Crippen LogP) is 3.55. The largest absolute Gasteiger partial charge is 0.507 e. The SMILES string of the molecule is CC(CC(=O)O)(C(=O)O)c1cc(-c2nc3cc(C(=N)N)ccc3[nH]2)c(O)c(-c2cc(F)ccc2O)c1. The first-order valence-electron chi connectivity index (χ1n) is 10.6. The van der Waals surface area contributed by atoms with Crippen molar-refractivity contribution in [2.45, 2.75) is 18.8 Å². The minimum absolute atomic E-state index is 0.00963. The van der Waals surface area contributed by atoms with Gasteiger partial charge in [0.05, 0.1) is 23.0 Å².